The van der Waals surface area contributed by atoms with Crippen LogP contribution in [0.3, 0.4) is 0 Å². The summed E-state index contributed by atoms with van der Waals surface area (Å²) in [6, 6.07) is 0. The third-order valence-corrected chi connectivity index (χ3v) is 16.1. The van der Waals surface area contributed by atoms with Crippen molar-refractivity contribution in [3.8, 4) is 0 Å². The Kier molecular flexibility index (Phi) is 70.8. The van der Waals surface area contributed by atoms with Gasteiger partial charge in [0.2, 0.25) is 0 Å². The van der Waals surface area contributed by atoms with E-state index in [0.717, 1.165) is 89.9 Å². The summed E-state index contributed by atoms with van der Waals surface area (Å²) in [5.41, 5.74) is 0. The first-order chi connectivity index (χ1) is 41.6. The molecule has 0 aromatic heterocycles. The van der Waals surface area contributed by atoms with E-state index in [0.29, 0.717) is 12.8 Å². The Bertz CT molecular complexity index is 1610. The van der Waals surface area contributed by atoms with Gasteiger partial charge in [0, 0.05) is 12.8 Å². The number of allylic oxidation sites excluding steroid dienone is 18. The second kappa shape index (κ2) is 73.8. The molecule has 0 rings (SSSR count). The van der Waals surface area contributed by atoms with Crippen molar-refractivity contribution in [3.63, 3.8) is 0 Å². The Morgan fingerprint density at radius 1 is 0.286 bits per heavy atom. The fourth-order valence-corrected chi connectivity index (χ4v) is 10.6. The number of hydrogen-bond acceptors (Lipinski definition) is 5. The molecule has 0 aliphatic carbocycles. The van der Waals surface area contributed by atoms with Crippen molar-refractivity contribution in [3.05, 3.63) is 109 Å². The highest BCUT2D eigenvalue weighted by atomic mass is 16.6. The Balaban J connectivity index is 3.45. The topological polar surface area (TPSA) is 72.8 Å². The van der Waals surface area contributed by atoms with E-state index < -0.39 is 6.10 Å². The van der Waals surface area contributed by atoms with E-state index in [4.69, 9.17) is 9.47 Å². The maximum atomic E-state index is 12.4. The summed E-state index contributed by atoms with van der Waals surface area (Å²) in [4.78, 5) is 24.7. The smallest absolute Gasteiger partial charge is 0.306 e. The van der Waals surface area contributed by atoms with Crippen LogP contribution in [0.2, 0.25) is 0 Å². The molecule has 0 fully saturated rings. The van der Waals surface area contributed by atoms with Gasteiger partial charge in [0.25, 0.3) is 0 Å². The van der Waals surface area contributed by atoms with E-state index >= 15 is 0 Å². The van der Waals surface area contributed by atoms with Crippen LogP contribution >= 0.6 is 0 Å². The van der Waals surface area contributed by atoms with E-state index in [1.54, 1.807) is 0 Å². The summed E-state index contributed by atoms with van der Waals surface area (Å²) in [5.74, 6) is -0.577. The molecule has 84 heavy (non-hydrogen) atoms. The van der Waals surface area contributed by atoms with Crippen molar-refractivity contribution < 1.29 is 24.2 Å². The van der Waals surface area contributed by atoms with Crippen molar-refractivity contribution in [2.24, 2.45) is 0 Å². The van der Waals surface area contributed by atoms with Crippen molar-refractivity contribution in [2.45, 2.75) is 367 Å². The molecule has 0 aromatic rings. The second-order valence-corrected chi connectivity index (χ2v) is 24.3. The molecule has 0 saturated carbocycles. The zero-order valence-electron chi connectivity index (χ0n) is 55.6. The number of aliphatic hydroxyl groups excluding tert-OH is 1. The quantitative estimate of drug-likeness (QED) is 0.0373. The molecule has 0 spiro atoms. The number of carbonyl (C=O) groups excluding carboxylic acids is 2. The summed E-state index contributed by atoms with van der Waals surface area (Å²) >= 11 is 0. The van der Waals surface area contributed by atoms with Gasteiger partial charge in [-0.05, 0) is 103 Å². The first-order valence-corrected chi connectivity index (χ1v) is 36.4. The van der Waals surface area contributed by atoms with Gasteiger partial charge in [-0.2, -0.15) is 0 Å². The standard InChI is InChI=1S/C79H138O5/c1-3-5-7-9-11-13-15-17-19-21-23-25-27-29-31-33-35-37-38-39-40-42-44-46-48-50-52-54-56-58-60-62-64-66-68-70-72-74-79(82)84-77(75-80)76-83-78(81)73-71-69-67-65-63-61-59-57-55-53-51-49-47-45-43-41-36-34-32-30-28-26-24-22-20-18-16-14-12-10-8-6-4-2/h5,7,11,13,16-19,22-25,29,31,35,37,39-40,77,80H,3-4,6,8-10,12,14-15,20-21,26-28,30,32-34,36,38,41-76H2,1-2H3/b7-5-,13-11-,18-16-,19-17-,24-22-,25-23-,31-29-,37-35-,40-39-. The summed E-state index contributed by atoms with van der Waals surface area (Å²) in [7, 11) is 0. The minimum Gasteiger partial charge on any atom is -0.462 e. The zero-order valence-corrected chi connectivity index (χ0v) is 55.6. The van der Waals surface area contributed by atoms with E-state index in [9.17, 15) is 14.7 Å². The molecule has 484 valence electrons. The molecule has 1 N–H and O–H groups in total. The van der Waals surface area contributed by atoms with Crippen LogP contribution in [0.4, 0.5) is 0 Å². The average Bonchev–Trinajstić information content (AvgIpc) is 3.51. The van der Waals surface area contributed by atoms with Gasteiger partial charge >= 0.3 is 11.9 Å². The van der Waals surface area contributed by atoms with Gasteiger partial charge in [-0.1, -0.05) is 354 Å². The van der Waals surface area contributed by atoms with Crippen LogP contribution in [0.25, 0.3) is 0 Å². The Labute approximate surface area is 522 Å². The normalized spacial score (nSPS) is 12.8. The van der Waals surface area contributed by atoms with Gasteiger partial charge in [0.05, 0.1) is 6.61 Å². The molecule has 0 aromatic carbocycles. The van der Waals surface area contributed by atoms with E-state index in [2.05, 4.69) is 123 Å². The minimum absolute atomic E-state index is 0.0654. The highest BCUT2D eigenvalue weighted by molar-refractivity contribution is 5.70. The fraction of sp³-hybridized carbons (Fsp3) is 0.747. The third-order valence-electron chi connectivity index (χ3n) is 16.1. The SMILES string of the molecule is CC/C=C\C/C=C\C/C=C\C/C=C\C/C=C\C/C=C\C/C=C\CCCCCCCCCCCCCCCCCC(=O)OC(CO)COC(=O)CCCCCCCCCCCCCCCCCCCCCCC/C=C\C/C=C\CCCCCCC. The number of esters is 2. The summed E-state index contributed by atoms with van der Waals surface area (Å²) in [5, 5.41) is 9.71. The molecular weight excluding hydrogens is 1030 g/mol. The molecule has 0 aliphatic heterocycles. The lowest BCUT2D eigenvalue weighted by molar-refractivity contribution is -0.161. The molecule has 1 unspecified atom stereocenters. The van der Waals surface area contributed by atoms with Gasteiger partial charge in [-0.3, -0.25) is 9.59 Å². The van der Waals surface area contributed by atoms with Crippen LogP contribution in [-0.4, -0.2) is 36.4 Å². The molecule has 5 heteroatoms. The number of hydrogen-bond donors (Lipinski definition) is 1. The third kappa shape index (κ3) is 71.0. The van der Waals surface area contributed by atoms with Crippen LogP contribution in [0, 0.1) is 0 Å². The van der Waals surface area contributed by atoms with Gasteiger partial charge in [-0.25, -0.2) is 0 Å². The van der Waals surface area contributed by atoms with Gasteiger partial charge in [0.1, 0.15) is 6.61 Å². The number of rotatable bonds is 67. The lowest BCUT2D eigenvalue weighted by Gasteiger charge is -2.15. The lowest BCUT2D eigenvalue weighted by Crippen LogP contribution is -2.28. The summed E-state index contributed by atoms with van der Waals surface area (Å²) in [6.45, 7) is 4.05. The predicted molar refractivity (Wildman–Crippen MR) is 371 cm³/mol. The molecule has 0 radical (unpaired) electrons. The van der Waals surface area contributed by atoms with E-state index in [-0.39, 0.29) is 25.2 Å². The number of carbonyl (C=O) groups is 2. The number of aliphatic hydroxyl groups is 1. The van der Waals surface area contributed by atoms with Crippen LogP contribution in [-0.2, 0) is 19.1 Å². The molecule has 0 heterocycles. The molecule has 0 bridgehead atoms. The number of unbranched alkanes of at least 4 members (excludes halogenated alkanes) is 41. The Morgan fingerprint density at radius 3 is 0.774 bits per heavy atom. The lowest BCUT2D eigenvalue weighted by atomic mass is 10.0. The predicted octanol–water partition coefficient (Wildman–Crippen LogP) is 25.5. The van der Waals surface area contributed by atoms with Gasteiger partial charge < -0.3 is 14.6 Å². The average molecular weight is 1170 g/mol. The highest BCUT2D eigenvalue weighted by Crippen LogP contribution is 2.18. The second-order valence-electron chi connectivity index (χ2n) is 24.3. The molecule has 0 saturated heterocycles. The molecule has 1 atom stereocenters. The maximum absolute atomic E-state index is 12.4. The first-order valence-electron chi connectivity index (χ1n) is 36.4. The Morgan fingerprint density at radius 2 is 0.512 bits per heavy atom. The van der Waals surface area contributed by atoms with Gasteiger partial charge in [0.15, 0.2) is 6.10 Å². The van der Waals surface area contributed by atoms with Crippen molar-refractivity contribution >= 4 is 11.9 Å². The van der Waals surface area contributed by atoms with Crippen molar-refractivity contribution in [2.75, 3.05) is 13.2 Å². The van der Waals surface area contributed by atoms with E-state index in [1.807, 2.05) is 0 Å². The van der Waals surface area contributed by atoms with Crippen LogP contribution in [0.15, 0.2) is 109 Å². The van der Waals surface area contributed by atoms with E-state index in [1.165, 1.54) is 244 Å². The molecule has 0 aliphatic rings. The first kappa shape index (κ1) is 80.6. The highest BCUT2D eigenvalue weighted by Gasteiger charge is 2.16. The van der Waals surface area contributed by atoms with Crippen molar-refractivity contribution in [1.82, 2.24) is 0 Å². The van der Waals surface area contributed by atoms with Crippen LogP contribution in [0.5, 0.6) is 0 Å². The Hall–Kier alpha value is -3.44. The van der Waals surface area contributed by atoms with Crippen molar-refractivity contribution in [1.29, 1.82) is 0 Å². The van der Waals surface area contributed by atoms with Crippen LogP contribution in [0.1, 0.15) is 361 Å². The zero-order chi connectivity index (χ0) is 60.5. The van der Waals surface area contributed by atoms with Gasteiger partial charge in [-0.15, -0.1) is 0 Å². The summed E-state index contributed by atoms with van der Waals surface area (Å²) in [6.07, 6.45) is 107. The minimum atomic E-state index is -0.777. The molecule has 5 nitrogen and oxygen atoms in total. The fourth-order valence-electron chi connectivity index (χ4n) is 10.6. The van der Waals surface area contributed by atoms with Crippen LogP contribution < -0.4 is 0 Å². The molecule has 0 amide bonds. The maximum Gasteiger partial charge on any atom is 0.306 e. The monoisotopic (exact) mass is 1170 g/mol. The number of ether oxygens (including phenoxy) is 2. The molecular formula is C79H138O5. The summed E-state index contributed by atoms with van der Waals surface area (Å²) < 4.78 is 10.8. The largest absolute Gasteiger partial charge is 0.462 e.